The van der Waals surface area contributed by atoms with Crippen LogP contribution in [0.3, 0.4) is 0 Å². The van der Waals surface area contributed by atoms with Crippen LogP contribution in [-0.2, 0) is 4.79 Å². The number of hydrogen-bond acceptors (Lipinski definition) is 5. The predicted octanol–water partition coefficient (Wildman–Crippen LogP) is 5.13. The van der Waals surface area contributed by atoms with Gasteiger partial charge in [0, 0.05) is 29.1 Å². The molecule has 0 unspecified atom stereocenters. The minimum absolute atomic E-state index is 0.231. The van der Waals surface area contributed by atoms with Crippen LogP contribution in [0.2, 0.25) is 0 Å². The SMILES string of the molecule is O=C(/C=C/c1ccco1)Nc1ccc(Nc2cc(-c3ccccc3)ncn2)cc1. The molecule has 2 heterocycles. The van der Waals surface area contributed by atoms with Crippen molar-refractivity contribution in [2.75, 3.05) is 10.6 Å². The third-order valence-electron chi connectivity index (χ3n) is 4.10. The van der Waals surface area contributed by atoms with Crippen LogP contribution < -0.4 is 10.6 Å². The number of carbonyl (C=O) groups excluding carboxylic acids is 1. The number of rotatable bonds is 6. The summed E-state index contributed by atoms with van der Waals surface area (Å²) in [4.78, 5) is 20.6. The number of carbonyl (C=O) groups is 1. The Bertz CT molecular complexity index is 1110. The van der Waals surface area contributed by atoms with Gasteiger partial charge in [-0.2, -0.15) is 0 Å². The number of nitrogens with zero attached hydrogens (tertiary/aromatic N) is 2. The molecular formula is C23H18N4O2. The Balaban J connectivity index is 1.39. The van der Waals surface area contributed by atoms with Gasteiger partial charge in [0.25, 0.3) is 0 Å². The van der Waals surface area contributed by atoms with E-state index >= 15 is 0 Å². The van der Waals surface area contributed by atoms with E-state index in [1.165, 1.54) is 12.4 Å². The summed E-state index contributed by atoms with van der Waals surface area (Å²) in [6, 6.07) is 22.7. The average Bonchev–Trinajstić information content (AvgIpc) is 3.28. The minimum atomic E-state index is -0.231. The maximum Gasteiger partial charge on any atom is 0.248 e. The Morgan fingerprint density at radius 2 is 1.69 bits per heavy atom. The summed E-state index contributed by atoms with van der Waals surface area (Å²) in [5.74, 6) is 1.09. The average molecular weight is 382 g/mol. The fourth-order valence-electron chi connectivity index (χ4n) is 2.71. The number of hydrogen-bond donors (Lipinski definition) is 2. The van der Waals surface area contributed by atoms with Gasteiger partial charge in [0.05, 0.1) is 12.0 Å². The lowest BCUT2D eigenvalue weighted by Gasteiger charge is -2.08. The van der Waals surface area contributed by atoms with Crippen molar-refractivity contribution in [3.05, 3.63) is 97.2 Å². The molecule has 0 atom stereocenters. The van der Waals surface area contributed by atoms with Crippen molar-refractivity contribution in [3.63, 3.8) is 0 Å². The van der Waals surface area contributed by atoms with E-state index in [2.05, 4.69) is 20.6 Å². The number of furan rings is 1. The van der Waals surface area contributed by atoms with Gasteiger partial charge >= 0.3 is 0 Å². The zero-order valence-corrected chi connectivity index (χ0v) is 15.4. The lowest BCUT2D eigenvalue weighted by atomic mass is 10.1. The van der Waals surface area contributed by atoms with Gasteiger partial charge in [0.2, 0.25) is 5.91 Å². The van der Waals surface area contributed by atoms with E-state index in [1.807, 2.05) is 60.7 Å². The third-order valence-corrected chi connectivity index (χ3v) is 4.10. The van der Waals surface area contributed by atoms with E-state index in [4.69, 9.17) is 4.42 Å². The normalized spacial score (nSPS) is 10.8. The highest BCUT2D eigenvalue weighted by Crippen LogP contribution is 2.22. The Labute approximate surface area is 168 Å². The monoisotopic (exact) mass is 382 g/mol. The van der Waals surface area contributed by atoms with Crippen LogP contribution in [0, 0.1) is 0 Å². The summed E-state index contributed by atoms with van der Waals surface area (Å²) < 4.78 is 5.16. The van der Waals surface area contributed by atoms with Gasteiger partial charge in [-0.1, -0.05) is 30.3 Å². The minimum Gasteiger partial charge on any atom is -0.465 e. The van der Waals surface area contributed by atoms with Crippen molar-refractivity contribution >= 4 is 29.2 Å². The maximum absolute atomic E-state index is 12.0. The molecule has 0 saturated carbocycles. The molecule has 142 valence electrons. The van der Waals surface area contributed by atoms with E-state index in [-0.39, 0.29) is 5.91 Å². The molecule has 4 rings (SSSR count). The van der Waals surface area contributed by atoms with Gasteiger partial charge in [-0.15, -0.1) is 0 Å². The molecule has 0 aliphatic rings. The molecule has 0 bridgehead atoms. The van der Waals surface area contributed by atoms with Crippen LogP contribution in [0.5, 0.6) is 0 Å². The Morgan fingerprint density at radius 3 is 2.45 bits per heavy atom. The first kappa shape index (κ1) is 18.2. The van der Waals surface area contributed by atoms with Gasteiger partial charge in [0.1, 0.15) is 17.9 Å². The highest BCUT2D eigenvalue weighted by Gasteiger charge is 2.03. The Kier molecular flexibility index (Phi) is 5.43. The lowest BCUT2D eigenvalue weighted by Crippen LogP contribution is -2.07. The topological polar surface area (TPSA) is 80.0 Å². The summed E-state index contributed by atoms with van der Waals surface area (Å²) in [6.07, 6.45) is 6.13. The van der Waals surface area contributed by atoms with Crippen LogP contribution in [-0.4, -0.2) is 15.9 Å². The third kappa shape index (κ3) is 4.95. The molecule has 6 heteroatoms. The van der Waals surface area contributed by atoms with Gasteiger partial charge in [-0.3, -0.25) is 4.79 Å². The number of anilines is 3. The molecule has 0 aliphatic heterocycles. The highest BCUT2D eigenvalue weighted by molar-refractivity contribution is 6.01. The van der Waals surface area contributed by atoms with Crippen LogP contribution >= 0.6 is 0 Å². The van der Waals surface area contributed by atoms with E-state index in [0.29, 0.717) is 17.3 Å². The molecule has 1 amide bonds. The predicted molar refractivity (Wildman–Crippen MR) is 114 cm³/mol. The maximum atomic E-state index is 12.0. The first-order valence-electron chi connectivity index (χ1n) is 9.03. The molecule has 29 heavy (non-hydrogen) atoms. The van der Waals surface area contributed by atoms with Crippen LogP contribution in [0.1, 0.15) is 5.76 Å². The Morgan fingerprint density at radius 1 is 0.897 bits per heavy atom. The largest absolute Gasteiger partial charge is 0.465 e. The van der Waals surface area contributed by atoms with Crippen molar-refractivity contribution in [3.8, 4) is 11.3 Å². The number of amides is 1. The number of nitrogens with one attached hydrogen (secondary N) is 2. The highest BCUT2D eigenvalue weighted by atomic mass is 16.3. The standard InChI is InChI=1S/C23H18N4O2/c28-23(13-12-20-7-4-14-29-20)27-19-10-8-18(9-11-19)26-22-15-21(24-16-25-22)17-5-2-1-3-6-17/h1-16H,(H,27,28)(H,24,25,26)/b13-12+. The fourth-order valence-corrected chi connectivity index (χ4v) is 2.71. The quantitative estimate of drug-likeness (QED) is 0.452. The van der Waals surface area contributed by atoms with E-state index in [0.717, 1.165) is 16.9 Å². The summed E-state index contributed by atoms with van der Waals surface area (Å²) in [5, 5.41) is 6.05. The fraction of sp³-hybridized carbons (Fsp3) is 0. The molecule has 6 nitrogen and oxygen atoms in total. The van der Waals surface area contributed by atoms with Crippen LogP contribution in [0.4, 0.5) is 17.2 Å². The molecule has 4 aromatic rings. The molecule has 2 aromatic carbocycles. The lowest BCUT2D eigenvalue weighted by molar-refractivity contribution is -0.111. The summed E-state index contributed by atoms with van der Waals surface area (Å²) >= 11 is 0. The van der Waals surface area contributed by atoms with Crippen molar-refractivity contribution in [2.24, 2.45) is 0 Å². The molecule has 0 fully saturated rings. The summed E-state index contributed by atoms with van der Waals surface area (Å²) in [5.41, 5.74) is 3.41. The first-order valence-corrected chi connectivity index (χ1v) is 9.03. The zero-order valence-electron chi connectivity index (χ0n) is 15.4. The second-order valence-electron chi connectivity index (χ2n) is 6.19. The van der Waals surface area contributed by atoms with Gasteiger partial charge in [-0.05, 0) is 42.5 Å². The van der Waals surface area contributed by atoms with Crippen molar-refractivity contribution in [1.29, 1.82) is 0 Å². The van der Waals surface area contributed by atoms with E-state index in [1.54, 1.807) is 24.5 Å². The van der Waals surface area contributed by atoms with Crippen molar-refractivity contribution in [1.82, 2.24) is 9.97 Å². The molecule has 0 spiro atoms. The molecule has 2 aromatic heterocycles. The molecular weight excluding hydrogens is 364 g/mol. The molecule has 2 N–H and O–H groups in total. The molecule has 0 radical (unpaired) electrons. The van der Waals surface area contributed by atoms with E-state index < -0.39 is 0 Å². The summed E-state index contributed by atoms with van der Waals surface area (Å²) in [7, 11) is 0. The van der Waals surface area contributed by atoms with Crippen LogP contribution in [0.15, 0.2) is 95.9 Å². The zero-order chi connectivity index (χ0) is 19.9. The smallest absolute Gasteiger partial charge is 0.248 e. The van der Waals surface area contributed by atoms with Crippen LogP contribution in [0.25, 0.3) is 17.3 Å². The van der Waals surface area contributed by atoms with Crippen molar-refractivity contribution in [2.45, 2.75) is 0 Å². The summed E-state index contributed by atoms with van der Waals surface area (Å²) in [6.45, 7) is 0. The van der Waals surface area contributed by atoms with Gasteiger partial charge < -0.3 is 15.1 Å². The first-order chi connectivity index (χ1) is 14.3. The number of aromatic nitrogens is 2. The van der Waals surface area contributed by atoms with E-state index in [9.17, 15) is 4.79 Å². The molecule has 0 saturated heterocycles. The number of benzene rings is 2. The van der Waals surface area contributed by atoms with Gasteiger partial charge in [-0.25, -0.2) is 9.97 Å². The second-order valence-corrected chi connectivity index (χ2v) is 6.19. The molecule has 0 aliphatic carbocycles. The second kappa shape index (κ2) is 8.67. The van der Waals surface area contributed by atoms with Gasteiger partial charge in [0.15, 0.2) is 0 Å². The Hall–Kier alpha value is -4.19. The van der Waals surface area contributed by atoms with Crippen molar-refractivity contribution < 1.29 is 9.21 Å².